The van der Waals surface area contributed by atoms with Gasteiger partial charge in [-0.25, -0.2) is 4.98 Å². The molecule has 18 heavy (non-hydrogen) atoms. The van der Waals surface area contributed by atoms with E-state index in [0.717, 1.165) is 0 Å². The summed E-state index contributed by atoms with van der Waals surface area (Å²) in [5.41, 5.74) is 6.45. The standard InChI is InChI=1S/C11H8Cl2N4O/c12-7-3-6(14)4-8(13)10(7)17-11(18)9-5-15-1-2-16-9/h1-5H,14H2,(H,17,18). The van der Waals surface area contributed by atoms with E-state index >= 15 is 0 Å². The third-order valence-electron chi connectivity index (χ3n) is 2.10. The molecule has 0 radical (unpaired) electrons. The third-order valence-corrected chi connectivity index (χ3v) is 2.69. The van der Waals surface area contributed by atoms with Gasteiger partial charge in [0.1, 0.15) is 5.69 Å². The summed E-state index contributed by atoms with van der Waals surface area (Å²) in [6.45, 7) is 0. The van der Waals surface area contributed by atoms with Crippen LogP contribution in [0.2, 0.25) is 10.0 Å². The SMILES string of the molecule is Nc1cc(Cl)c(NC(=O)c2cnccn2)c(Cl)c1. The normalized spacial score (nSPS) is 10.1. The summed E-state index contributed by atoms with van der Waals surface area (Å²) in [6.07, 6.45) is 4.23. The van der Waals surface area contributed by atoms with E-state index in [1.54, 1.807) is 0 Å². The number of carbonyl (C=O) groups is 1. The van der Waals surface area contributed by atoms with Crippen molar-refractivity contribution in [2.45, 2.75) is 0 Å². The molecule has 1 aromatic carbocycles. The molecule has 5 nitrogen and oxygen atoms in total. The fourth-order valence-electron chi connectivity index (χ4n) is 1.31. The molecule has 92 valence electrons. The highest BCUT2D eigenvalue weighted by Gasteiger charge is 2.13. The number of rotatable bonds is 2. The lowest BCUT2D eigenvalue weighted by atomic mass is 10.2. The van der Waals surface area contributed by atoms with Crippen LogP contribution in [0.1, 0.15) is 10.5 Å². The summed E-state index contributed by atoms with van der Waals surface area (Å²) in [6, 6.07) is 3.00. The fourth-order valence-corrected chi connectivity index (χ4v) is 1.90. The van der Waals surface area contributed by atoms with Crippen LogP contribution in [0.4, 0.5) is 11.4 Å². The zero-order valence-corrected chi connectivity index (χ0v) is 10.5. The van der Waals surface area contributed by atoms with E-state index in [9.17, 15) is 4.79 Å². The first-order valence-corrected chi connectivity index (χ1v) is 5.65. The molecule has 0 atom stereocenters. The second kappa shape index (κ2) is 5.20. The highest BCUT2D eigenvalue weighted by Crippen LogP contribution is 2.32. The molecule has 3 N–H and O–H groups in total. The van der Waals surface area contributed by atoms with Crippen LogP contribution in [0.5, 0.6) is 0 Å². The Bertz CT molecular complexity index is 566. The molecule has 1 amide bonds. The van der Waals surface area contributed by atoms with E-state index in [1.807, 2.05) is 0 Å². The lowest BCUT2D eigenvalue weighted by Crippen LogP contribution is -2.14. The molecular formula is C11H8Cl2N4O. The zero-order valence-electron chi connectivity index (χ0n) is 9.02. The number of benzene rings is 1. The molecule has 7 heteroatoms. The van der Waals surface area contributed by atoms with Crippen LogP contribution in [0.25, 0.3) is 0 Å². The smallest absolute Gasteiger partial charge is 0.275 e. The molecular weight excluding hydrogens is 275 g/mol. The maximum absolute atomic E-state index is 11.8. The minimum Gasteiger partial charge on any atom is -0.399 e. The van der Waals surface area contributed by atoms with Crippen LogP contribution >= 0.6 is 23.2 Å². The number of aromatic nitrogens is 2. The highest BCUT2D eigenvalue weighted by molar-refractivity contribution is 6.40. The second-order valence-corrected chi connectivity index (χ2v) is 4.22. The minimum atomic E-state index is -0.448. The Kier molecular flexibility index (Phi) is 3.64. The lowest BCUT2D eigenvalue weighted by Gasteiger charge is -2.09. The maximum atomic E-state index is 11.8. The molecule has 2 aromatic rings. The number of amides is 1. The van der Waals surface area contributed by atoms with Gasteiger partial charge in [-0.2, -0.15) is 0 Å². The average molecular weight is 283 g/mol. The van der Waals surface area contributed by atoms with Crippen molar-refractivity contribution in [3.8, 4) is 0 Å². The van der Waals surface area contributed by atoms with E-state index in [4.69, 9.17) is 28.9 Å². The topological polar surface area (TPSA) is 80.9 Å². The van der Waals surface area contributed by atoms with E-state index < -0.39 is 5.91 Å². The van der Waals surface area contributed by atoms with Crippen molar-refractivity contribution in [2.24, 2.45) is 0 Å². The highest BCUT2D eigenvalue weighted by atomic mass is 35.5. The zero-order chi connectivity index (χ0) is 13.1. The monoisotopic (exact) mass is 282 g/mol. The number of nitrogens with two attached hydrogens (primary N) is 1. The van der Waals surface area contributed by atoms with Crippen molar-refractivity contribution in [1.82, 2.24) is 9.97 Å². The van der Waals surface area contributed by atoms with Gasteiger partial charge < -0.3 is 11.1 Å². The minimum absolute atomic E-state index is 0.168. The molecule has 0 unspecified atom stereocenters. The summed E-state index contributed by atoms with van der Waals surface area (Å²) in [5.74, 6) is -0.448. The average Bonchev–Trinajstić information content (AvgIpc) is 2.34. The first-order chi connectivity index (χ1) is 8.58. The Morgan fingerprint density at radius 3 is 2.44 bits per heavy atom. The molecule has 0 fully saturated rings. The fraction of sp³-hybridized carbons (Fsp3) is 0. The van der Waals surface area contributed by atoms with Gasteiger partial charge in [0.2, 0.25) is 0 Å². The lowest BCUT2D eigenvalue weighted by molar-refractivity contribution is 0.102. The third kappa shape index (κ3) is 2.69. The van der Waals surface area contributed by atoms with Crippen LogP contribution < -0.4 is 11.1 Å². The Labute approximate surface area is 113 Å². The van der Waals surface area contributed by atoms with E-state index in [-0.39, 0.29) is 15.7 Å². The molecule has 0 spiro atoms. The van der Waals surface area contributed by atoms with Crippen molar-refractivity contribution >= 4 is 40.5 Å². The summed E-state index contributed by atoms with van der Waals surface area (Å²) in [5, 5.41) is 3.08. The second-order valence-electron chi connectivity index (χ2n) is 3.40. The number of nitrogens with zero attached hydrogens (tertiary/aromatic N) is 2. The Morgan fingerprint density at radius 1 is 1.22 bits per heavy atom. The summed E-state index contributed by atoms with van der Waals surface area (Å²) in [7, 11) is 0. The summed E-state index contributed by atoms with van der Waals surface area (Å²) in [4.78, 5) is 19.5. The number of nitrogen functional groups attached to an aromatic ring is 1. The molecule has 0 aliphatic rings. The van der Waals surface area contributed by atoms with Gasteiger partial charge in [0.15, 0.2) is 0 Å². The molecule has 0 saturated heterocycles. The van der Waals surface area contributed by atoms with E-state index in [1.165, 1.54) is 30.7 Å². The molecule has 0 aliphatic carbocycles. The van der Waals surface area contributed by atoms with Crippen LogP contribution in [0.3, 0.4) is 0 Å². The van der Waals surface area contributed by atoms with Crippen molar-refractivity contribution in [3.63, 3.8) is 0 Å². The predicted octanol–water partition coefficient (Wildman–Crippen LogP) is 2.62. The van der Waals surface area contributed by atoms with Gasteiger partial charge in [-0.3, -0.25) is 9.78 Å². The first kappa shape index (κ1) is 12.6. The van der Waals surface area contributed by atoms with Crippen molar-refractivity contribution in [3.05, 3.63) is 46.5 Å². The maximum Gasteiger partial charge on any atom is 0.275 e. The number of halogens is 2. The Morgan fingerprint density at radius 2 is 1.89 bits per heavy atom. The number of anilines is 2. The molecule has 0 bridgehead atoms. The van der Waals surface area contributed by atoms with Gasteiger partial charge in [-0.15, -0.1) is 0 Å². The Balaban J connectivity index is 2.28. The molecule has 0 aliphatic heterocycles. The van der Waals surface area contributed by atoms with Crippen molar-refractivity contribution < 1.29 is 4.79 Å². The van der Waals surface area contributed by atoms with Crippen molar-refractivity contribution in [2.75, 3.05) is 11.1 Å². The van der Waals surface area contributed by atoms with E-state index in [2.05, 4.69) is 15.3 Å². The quantitative estimate of drug-likeness (QED) is 0.830. The number of carbonyl (C=O) groups excluding carboxylic acids is 1. The van der Waals surface area contributed by atoms with Gasteiger partial charge in [-0.05, 0) is 12.1 Å². The van der Waals surface area contributed by atoms with Gasteiger partial charge in [0.25, 0.3) is 5.91 Å². The molecule has 1 aromatic heterocycles. The Hall–Kier alpha value is -1.85. The summed E-state index contributed by atoms with van der Waals surface area (Å²) < 4.78 is 0. The number of hydrogen-bond donors (Lipinski definition) is 2. The van der Waals surface area contributed by atoms with Gasteiger partial charge in [-0.1, -0.05) is 23.2 Å². The molecule has 0 saturated carbocycles. The van der Waals surface area contributed by atoms with Crippen LogP contribution in [0, 0.1) is 0 Å². The number of hydrogen-bond acceptors (Lipinski definition) is 4. The molecule has 1 heterocycles. The summed E-state index contributed by atoms with van der Waals surface area (Å²) >= 11 is 11.9. The van der Waals surface area contributed by atoms with Crippen LogP contribution in [-0.2, 0) is 0 Å². The van der Waals surface area contributed by atoms with Gasteiger partial charge in [0, 0.05) is 18.1 Å². The van der Waals surface area contributed by atoms with E-state index in [0.29, 0.717) is 11.4 Å². The van der Waals surface area contributed by atoms with Crippen LogP contribution in [-0.4, -0.2) is 15.9 Å². The first-order valence-electron chi connectivity index (χ1n) is 4.90. The van der Waals surface area contributed by atoms with Crippen molar-refractivity contribution in [1.29, 1.82) is 0 Å². The largest absolute Gasteiger partial charge is 0.399 e. The molecule has 2 rings (SSSR count). The predicted molar refractivity (Wildman–Crippen MR) is 70.9 cm³/mol. The van der Waals surface area contributed by atoms with Gasteiger partial charge in [0.05, 0.1) is 21.9 Å². The number of nitrogens with one attached hydrogen (secondary N) is 1. The van der Waals surface area contributed by atoms with Gasteiger partial charge >= 0.3 is 0 Å². The van der Waals surface area contributed by atoms with Crippen LogP contribution in [0.15, 0.2) is 30.7 Å².